The van der Waals surface area contributed by atoms with Crippen LogP contribution in [0.15, 0.2) is 47.3 Å². The summed E-state index contributed by atoms with van der Waals surface area (Å²) in [4.78, 5) is 34.7. The third-order valence-electron chi connectivity index (χ3n) is 4.55. The highest BCUT2D eigenvalue weighted by Crippen LogP contribution is 2.33. The molecular weight excluding hydrogens is 338 g/mol. The van der Waals surface area contributed by atoms with E-state index in [1.807, 2.05) is 31.2 Å². The molecule has 2 aromatic heterocycles. The molecule has 25 heavy (non-hydrogen) atoms. The molecule has 5 nitrogen and oxygen atoms in total. The topological polar surface area (TPSA) is 64.8 Å². The Morgan fingerprint density at radius 2 is 1.84 bits per heavy atom. The first-order valence-electron chi connectivity index (χ1n) is 7.73. The molecule has 0 unspecified atom stereocenters. The molecular formula is C19H10ClN3O2. The Morgan fingerprint density at radius 1 is 1.04 bits per heavy atom. The van der Waals surface area contributed by atoms with E-state index in [-0.39, 0.29) is 22.8 Å². The quantitative estimate of drug-likeness (QED) is 0.402. The normalized spacial score (nSPS) is 12.6. The number of aryl methyl sites for hydroxylation is 1. The number of para-hydroxylation sites is 1. The number of aromatic nitrogens is 3. The first kappa shape index (κ1) is 14.3. The Labute approximate surface area is 146 Å². The van der Waals surface area contributed by atoms with E-state index in [4.69, 9.17) is 11.6 Å². The number of halogens is 1. The highest BCUT2D eigenvalue weighted by molar-refractivity contribution is 6.36. The fourth-order valence-corrected chi connectivity index (χ4v) is 3.52. The number of rotatable bonds is 0. The third-order valence-corrected chi connectivity index (χ3v) is 5.03. The first-order chi connectivity index (χ1) is 12.1. The van der Waals surface area contributed by atoms with Crippen LogP contribution >= 0.6 is 11.6 Å². The van der Waals surface area contributed by atoms with E-state index in [0.717, 1.165) is 16.5 Å². The molecule has 0 atom stereocenters. The van der Waals surface area contributed by atoms with E-state index >= 15 is 0 Å². The summed E-state index contributed by atoms with van der Waals surface area (Å²) in [6, 6.07) is 12.8. The van der Waals surface area contributed by atoms with Crippen LogP contribution in [0.4, 0.5) is 0 Å². The van der Waals surface area contributed by atoms with Crippen LogP contribution in [0.25, 0.3) is 27.6 Å². The summed E-state index contributed by atoms with van der Waals surface area (Å²) in [5.74, 6) is -0.291. The first-order valence-corrected chi connectivity index (χ1v) is 8.11. The Bertz CT molecular complexity index is 1310. The molecule has 0 fully saturated rings. The van der Waals surface area contributed by atoms with Gasteiger partial charge in [-0.15, -0.1) is 0 Å². The van der Waals surface area contributed by atoms with Gasteiger partial charge < -0.3 is 0 Å². The van der Waals surface area contributed by atoms with Crippen molar-refractivity contribution >= 4 is 39.3 Å². The largest absolute Gasteiger partial charge is 0.285 e. The number of carbonyl (C=O) groups is 1. The molecule has 0 bridgehead atoms. The fourth-order valence-electron chi connectivity index (χ4n) is 3.28. The van der Waals surface area contributed by atoms with Gasteiger partial charge in [0.05, 0.1) is 27.2 Å². The van der Waals surface area contributed by atoms with Gasteiger partial charge in [0.15, 0.2) is 11.5 Å². The van der Waals surface area contributed by atoms with Crippen molar-refractivity contribution in [3.8, 4) is 5.69 Å². The van der Waals surface area contributed by atoms with Crippen molar-refractivity contribution in [3.05, 3.63) is 74.8 Å². The van der Waals surface area contributed by atoms with Gasteiger partial charge in [-0.3, -0.25) is 14.2 Å². The second-order valence-electron chi connectivity index (χ2n) is 6.05. The van der Waals surface area contributed by atoms with Gasteiger partial charge in [-0.2, -0.15) is 0 Å². The van der Waals surface area contributed by atoms with Crippen molar-refractivity contribution in [1.29, 1.82) is 0 Å². The summed E-state index contributed by atoms with van der Waals surface area (Å²) >= 11 is 6.31. The van der Waals surface area contributed by atoms with E-state index in [9.17, 15) is 9.59 Å². The minimum atomic E-state index is -0.349. The molecule has 0 N–H and O–H groups in total. The lowest BCUT2D eigenvalue weighted by Crippen LogP contribution is -2.22. The predicted molar refractivity (Wildman–Crippen MR) is 95.8 cm³/mol. The van der Waals surface area contributed by atoms with Crippen molar-refractivity contribution in [2.45, 2.75) is 6.92 Å². The summed E-state index contributed by atoms with van der Waals surface area (Å²) in [6.45, 7) is 1.82. The van der Waals surface area contributed by atoms with Crippen molar-refractivity contribution < 1.29 is 4.79 Å². The monoisotopic (exact) mass is 347 g/mol. The summed E-state index contributed by atoms with van der Waals surface area (Å²) in [5.41, 5.74) is 2.26. The van der Waals surface area contributed by atoms with Crippen LogP contribution in [0, 0.1) is 6.92 Å². The van der Waals surface area contributed by atoms with Gasteiger partial charge in [0.25, 0.3) is 5.56 Å². The average molecular weight is 348 g/mol. The molecule has 5 rings (SSSR count). The van der Waals surface area contributed by atoms with Crippen molar-refractivity contribution in [3.63, 3.8) is 0 Å². The maximum Gasteiger partial charge on any atom is 0.268 e. The van der Waals surface area contributed by atoms with E-state index in [1.54, 1.807) is 18.2 Å². The Balaban J connectivity index is 1.95. The van der Waals surface area contributed by atoms with Crippen molar-refractivity contribution in [2.24, 2.45) is 0 Å². The molecule has 0 radical (unpaired) electrons. The molecule has 4 aromatic rings. The molecule has 0 aliphatic carbocycles. The molecule has 0 saturated carbocycles. The summed E-state index contributed by atoms with van der Waals surface area (Å²) in [7, 11) is 0. The van der Waals surface area contributed by atoms with Crippen LogP contribution in [0.3, 0.4) is 0 Å². The molecule has 2 aromatic carbocycles. The number of ketones is 1. The van der Waals surface area contributed by atoms with Gasteiger partial charge in [-0.25, -0.2) is 9.97 Å². The van der Waals surface area contributed by atoms with E-state index in [2.05, 4.69) is 9.97 Å². The number of hydrogen-bond donors (Lipinski definition) is 0. The second-order valence-corrected chi connectivity index (χ2v) is 6.43. The molecule has 1 aliphatic heterocycles. The maximum absolute atomic E-state index is 13.1. The Kier molecular flexibility index (Phi) is 2.71. The molecule has 6 heteroatoms. The third kappa shape index (κ3) is 1.78. The molecule has 0 amide bonds. The molecule has 1 aliphatic rings. The number of nitrogens with zero attached hydrogens (tertiary/aromatic N) is 3. The van der Waals surface area contributed by atoms with Crippen LogP contribution in [0.5, 0.6) is 0 Å². The van der Waals surface area contributed by atoms with Gasteiger partial charge in [0.2, 0.25) is 5.78 Å². The highest BCUT2D eigenvalue weighted by atomic mass is 35.5. The molecule has 0 spiro atoms. The molecule has 3 heterocycles. The van der Waals surface area contributed by atoms with Gasteiger partial charge in [0.1, 0.15) is 0 Å². The average Bonchev–Trinajstić information content (AvgIpc) is 2.90. The number of hydrogen-bond acceptors (Lipinski definition) is 4. The van der Waals surface area contributed by atoms with Crippen LogP contribution < -0.4 is 5.56 Å². The SMILES string of the molecule is Cc1ccc2c(c1Cl)C(=O)c1nc3nc4ccccc4cc3c(=O)n1-2. The highest BCUT2D eigenvalue weighted by Gasteiger charge is 2.33. The zero-order chi connectivity index (χ0) is 17.3. The summed E-state index contributed by atoms with van der Waals surface area (Å²) < 4.78 is 1.34. The number of pyridine rings is 1. The molecule has 120 valence electrons. The number of fused-ring (bicyclic) bond motifs is 5. The van der Waals surface area contributed by atoms with Crippen molar-refractivity contribution in [2.75, 3.05) is 0 Å². The van der Waals surface area contributed by atoms with Crippen LogP contribution in [-0.4, -0.2) is 20.3 Å². The summed E-state index contributed by atoms with van der Waals surface area (Å²) in [6.07, 6.45) is 0. The number of benzene rings is 2. The van der Waals surface area contributed by atoms with E-state index < -0.39 is 0 Å². The van der Waals surface area contributed by atoms with E-state index in [1.165, 1.54) is 4.57 Å². The van der Waals surface area contributed by atoms with Gasteiger partial charge in [-0.05, 0) is 30.7 Å². The molecule has 0 saturated heterocycles. The Hall–Kier alpha value is -3.05. The summed E-state index contributed by atoms with van der Waals surface area (Å²) in [5, 5.41) is 1.58. The van der Waals surface area contributed by atoms with Crippen LogP contribution in [0.1, 0.15) is 21.7 Å². The van der Waals surface area contributed by atoms with Gasteiger partial charge >= 0.3 is 0 Å². The maximum atomic E-state index is 13.1. The Morgan fingerprint density at radius 3 is 2.68 bits per heavy atom. The standard InChI is InChI=1S/C19H10ClN3O2/c1-9-6-7-13-14(15(9)20)16(24)18-22-17-11(19(25)23(13)18)8-10-4-2-3-5-12(10)21-17/h2-8H,1H3. The lowest BCUT2D eigenvalue weighted by atomic mass is 10.1. The lowest BCUT2D eigenvalue weighted by molar-refractivity contribution is 0.103. The van der Waals surface area contributed by atoms with E-state index in [0.29, 0.717) is 21.7 Å². The number of carbonyl (C=O) groups excluding carboxylic acids is 1. The fraction of sp³-hybridized carbons (Fsp3) is 0.0526. The smallest absolute Gasteiger partial charge is 0.268 e. The van der Waals surface area contributed by atoms with Crippen LogP contribution in [0.2, 0.25) is 5.02 Å². The lowest BCUT2D eigenvalue weighted by Gasteiger charge is -2.07. The second kappa shape index (κ2) is 4.74. The zero-order valence-corrected chi connectivity index (χ0v) is 13.8. The van der Waals surface area contributed by atoms with Gasteiger partial charge in [-0.1, -0.05) is 35.9 Å². The zero-order valence-electron chi connectivity index (χ0n) is 13.1. The van der Waals surface area contributed by atoms with Crippen molar-refractivity contribution in [1.82, 2.24) is 14.5 Å². The predicted octanol–water partition coefficient (Wildman–Crippen LogP) is 3.44. The van der Waals surface area contributed by atoms with Gasteiger partial charge in [0, 0.05) is 5.39 Å². The minimum absolute atomic E-state index is 0.0581. The minimum Gasteiger partial charge on any atom is -0.285 e. The van der Waals surface area contributed by atoms with Crippen LogP contribution in [-0.2, 0) is 0 Å².